The van der Waals surface area contributed by atoms with Crippen LogP contribution in [0.3, 0.4) is 0 Å². The molecule has 3 heterocycles. The quantitative estimate of drug-likeness (QED) is 0.630. The molecule has 0 aromatic carbocycles. The zero-order valence-corrected chi connectivity index (χ0v) is 14.3. The van der Waals surface area contributed by atoms with Gasteiger partial charge in [0.2, 0.25) is 11.8 Å². The van der Waals surface area contributed by atoms with Gasteiger partial charge in [0.1, 0.15) is 22.7 Å². The summed E-state index contributed by atoms with van der Waals surface area (Å²) in [6.07, 6.45) is 1.54. The molecule has 0 N–H and O–H groups in total. The van der Waals surface area contributed by atoms with E-state index in [9.17, 15) is 9.59 Å². The molecule has 2 aromatic rings. The molecule has 0 radical (unpaired) electrons. The number of thioether (sulfide) groups is 1. The molecule has 0 aliphatic carbocycles. The number of amides is 2. The first-order valence-electron chi connectivity index (χ1n) is 6.82. The van der Waals surface area contributed by atoms with Crippen LogP contribution in [0.1, 0.15) is 10.4 Å². The predicted octanol–water partition coefficient (Wildman–Crippen LogP) is 1.66. The third-order valence-electron chi connectivity index (χ3n) is 3.75. The number of likely N-dealkylation sites (N-methyl/N-ethyl adjacent to an activating group) is 1. The third kappa shape index (κ3) is 2.68. The number of aryl methyl sites for hydroxylation is 2. The van der Waals surface area contributed by atoms with Gasteiger partial charge in [-0.1, -0.05) is 11.8 Å². The molecule has 22 heavy (non-hydrogen) atoms. The van der Waals surface area contributed by atoms with Crippen LogP contribution in [0.2, 0.25) is 0 Å². The minimum atomic E-state index is -0.0425. The lowest BCUT2D eigenvalue weighted by atomic mass is 10.2. The number of aromatic nitrogens is 2. The van der Waals surface area contributed by atoms with Crippen LogP contribution in [0.5, 0.6) is 0 Å². The van der Waals surface area contributed by atoms with Crippen LogP contribution in [-0.2, 0) is 9.59 Å². The van der Waals surface area contributed by atoms with Crippen molar-refractivity contribution in [1.29, 1.82) is 0 Å². The molecule has 8 heteroatoms. The molecule has 1 aliphatic heterocycles. The highest BCUT2D eigenvalue weighted by Gasteiger charge is 2.28. The van der Waals surface area contributed by atoms with Crippen molar-refractivity contribution in [2.75, 3.05) is 26.0 Å². The number of carbonyl (C=O) groups is 2. The number of rotatable bonds is 3. The number of hydrogen-bond donors (Lipinski definition) is 0. The molecule has 1 fully saturated rings. The van der Waals surface area contributed by atoms with E-state index in [2.05, 4.69) is 23.8 Å². The number of hydrogen-bond acceptors (Lipinski definition) is 6. The van der Waals surface area contributed by atoms with Crippen molar-refractivity contribution >= 4 is 45.1 Å². The monoisotopic (exact) mass is 336 g/mol. The van der Waals surface area contributed by atoms with E-state index in [1.165, 1.54) is 28.5 Å². The van der Waals surface area contributed by atoms with Crippen molar-refractivity contribution in [2.45, 2.75) is 18.9 Å². The summed E-state index contributed by atoms with van der Waals surface area (Å²) >= 11 is 3.05. The predicted molar refractivity (Wildman–Crippen MR) is 87.0 cm³/mol. The van der Waals surface area contributed by atoms with E-state index in [1.54, 1.807) is 28.2 Å². The Morgan fingerprint density at radius 1 is 1.41 bits per heavy atom. The number of nitrogens with zero attached hydrogens (tertiary/aromatic N) is 4. The zero-order chi connectivity index (χ0) is 15.9. The molecule has 1 aliphatic rings. The first kappa shape index (κ1) is 15.2. The van der Waals surface area contributed by atoms with Gasteiger partial charge >= 0.3 is 0 Å². The third-order valence-corrected chi connectivity index (χ3v) is 5.84. The van der Waals surface area contributed by atoms with Crippen molar-refractivity contribution in [3.8, 4) is 0 Å². The van der Waals surface area contributed by atoms with Crippen molar-refractivity contribution in [1.82, 2.24) is 19.8 Å². The van der Waals surface area contributed by atoms with Crippen LogP contribution >= 0.6 is 23.1 Å². The maximum atomic E-state index is 12.2. The van der Waals surface area contributed by atoms with Crippen molar-refractivity contribution in [2.24, 2.45) is 0 Å². The lowest BCUT2D eigenvalue weighted by Gasteiger charge is -2.14. The van der Waals surface area contributed by atoms with E-state index in [1.807, 2.05) is 0 Å². The average Bonchev–Trinajstić information content (AvgIpc) is 2.97. The van der Waals surface area contributed by atoms with Crippen molar-refractivity contribution in [3.63, 3.8) is 0 Å². The molecule has 0 unspecified atom stereocenters. The van der Waals surface area contributed by atoms with Crippen LogP contribution in [0.25, 0.3) is 10.2 Å². The van der Waals surface area contributed by atoms with E-state index in [4.69, 9.17) is 0 Å². The summed E-state index contributed by atoms with van der Waals surface area (Å²) in [5.74, 6) is 0.216. The Morgan fingerprint density at radius 3 is 2.86 bits per heavy atom. The van der Waals surface area contributed by atoms with Gasteiger partial charge in [0, 0.05) is 17.3 Å². The smallest absolute Gasteiger partial charge is 0.243 e. The minimum absolute atomic E-state index is 0.0212. The summed E-state index contributed by atoms with van der Waals surface area (Å²) in [7, 11) is 1.70. The van der Waals surface area contributed by atoms with Crippen LogP contribution in [0.15, 0.2) is 11.4 Å². The average molecular weight is 336 g/mol. The van der Waals surface area contributed by atoms with Gasteiger partial charge in [-0.2, -0.15) is 0 Å². The summed E-state index contributed by atoms with van der Waals surface area (Å²) in [6, 6.07) is 0. The lowest BCUT2D eigenvalue weighted by molar-refractivity contribution is -0.129. The second kappa shape index (κ2) is 5.85. The number of thiophene rings is 1. The van der Waals surface area contributed by atoms with Crippen LogP contribution in [0.4, 0.5) is 0 Å². The highest BCUT2D eigenvalue weighted by atomic mass is 32.2. The summed E-state index contributed by atoms with van der Waals surface area (Å²) < 4.78 is 0. The fraction of sp³-hybridized carbons (Fsp3) is 0.429. The summed E-state index contributed by atoms with van der Waals surface area (Å²) in [6.45, 7) is 4.66. The van der Waals surface area contributed by atoms with Gasteiger partial charge in [0.25, 0.3) is 0 Å². The number of fused-ring (bicyclic) bond motifs is 1. The molecule has 2 amide bonds. The Hall–Kier alpha value is -1.67. The molecule has 0 spiro atoms. The largest absolute Gasteiger partial charge is 0.326 e. The maximum absolute atomic E-state index is 12.2. The highest BCUT2D eigenvalue weighted by Crippen LogP contribution is 2.34. The molecular weight excluding hydrogens is 320 g/mol. The molecule has 1 saturated heterocycles. The molecule has 6 nitrogen and oxygen atoms in total. The Bertz CT molecular complexity index is 759. The topological polar surface area (TPSA) is 66.4 Å². The second-order valence-electron chi connectivity index (χ2n) is 5.26. The van der Waals surface area contributed by atoms with E-state index in [-0.39, 0.29) is 24.1 Å². The first-order chi connectivity index (χ1) is 10.5. The molecule has 0 atom stereocenters. The molecule has 116 valence electrons. The van der Waals surface area contributed by atoms with Crippen LogP contribution in [0, 0.1) is 13.8 Å². The molecule has 3 rings (SSSR count). The van der Waals surface area contributed by atoms with E-state index in [0.717, 1.165) is 15.2 Å². The Labute approximate surface area is 136 Å². The summed E-state index contributed by atoms with van der Waals surface area (Å²) in [4.78, 5) is 37.6. The van der Waals surface area contributed by atoms with Crippen molar-refractivity contribution in [3.05, 3.63) is 16.8 Å². The number of carbonyl (C=O) groups excluding carboxylic acids is 2. The lowest BCUT2D eigenvalue weighted by Crippen LogP contribution is -2.31. The maximum Gasteiger partial charge on any atom is 0.243 e. The van der Waals surface area contributed by atoms with Gasteiger partial charge in [-0.05, 0) is 19.4 Å². The standard InChI is InChI=1S/C14H16N4O2S2/c1-8-9(2)22-14-12(8)13(15-6-16-14)21-5-11(20)18-4-10(19)17(3)7-18/h6H,4-5,7H2,1-3H3. The Kier molecular flexibility index (Phi) is 4.05. The fourth-order valence-electron chi connectivity index (χ4n) is 2.32. The second-order valence-corrected chi connectivity index (χ2v) is 7.42. The van der Waals surface area contributed by atoms with Crippen molar-refractivity contribution < 1.29 is 9.59 Å². The first-order valence-corrected chi connectivity index (χ1v) is 8.63. The summed E-state index contributed by atoms with van der Waals surface area (Å²) in [5, 5.41) is 1.87. The van der Waals surface area contributed by atoms with Crippen LogP contribution in [-0.4, -0.2) is 57.6 Å². The zero-order valence-electron chi connectivity index (χ0n) is 12.6. The van der Waals surface area contributed by atoms with E-state index >= 15 is 0 Å². The van der Waals surface area contributed by atoms with Crippen LogP contribution < -0.4 is 0 Å². The van der Waals surface area contributed by atoms with E-state index < -0.39 is 0 Å². The SMILES string of the molecule is Cc1sc2ncnc(SCC(=O)N3CC(=O)N(C)C3)c2c1C. The minimum Gasteiger partial charge on any atom is -0.326 e. The highest BCUT2D eigenvalue weighted by molar-refractivity contribution is 8.00. The Balaban J connectivity index is 1.74. The van der Waals surface area contributed by atoms with Gasteiger partial charge < -0.3 is 9.80 Å². The van der Waals surface area contributed by atoms with Gasteiger partial charge in [0.15, 0.2) is 0 Å². The van der Waals surface area contributed by atoms with E-state index in [0.29, 0.717) is 6.67 Å². The molecule has 0 bridgehead atoms. The Morgan fingerprint density at radius 2 is 2.18 bits per heavy atom. The molecular formula is C14H16N4O2S2. The van der Waals surface area contributed by atoms with Gasteiger partial charge in [0.05, 0.1) is 12.4 Å². The normalized spacial score (nSPS) is 15.1. The molecule has 2 aromatic heterocycles. The molecule has 0 saturated carbocycles. The van der Waals surface area contributed by atoms with Gasteiger partial charge in [-0.3, -0.25) is 9.59 Å². The fourth-order valence-corrected chi connectivity index (χ4v) is 4.34. The van der Waals surface area contributed by atoms with Gasteiger partial charge in [-0.15, -0.1) is 11.3 Å². The summed E-state index contributed by atoms with van der Waals surface area (Å²) in [5.41, 5.74) is 1.17. The van der Waals surface area contributed by atoms with Gasteiger partial charge in [-0.25, -0.2) is 9.97 Å².